The van der Waals surface area contributed by atoms with E-state index < -0.39 is 6.10 Å². The van der Waals surface area contributed by atoms with Crippen LogP contribution in [0.4, 0.5) is 0 Å². The van der Waals surface area contributed by atoms with Gasteiger partial charge in [0.1, 0.15) is 13.2 Å². The Kier molecular flexibility index (Phi) is 66.0. The summed E-state index contributed by atoms with van der Waals surface area (Å²) >= 11 is 0. The largest absolute Gasteiger partial charge is 0.462 e. The molecule has 0 aromatic heterocycles. The van der Waals surface area contributed by atoms with E-state index in [2.05, 4.69) is 32.9 Å². The molecular weight excluding hydrogens is 961 g/mol. The quantitative estimate of drug-likeness (QED) is 0.0261. The van der Waals surface area contributed by atoms with Crippen molar-refractivity contribution in [2.75, 3.05) is 13.2 Å². The van der Waals surface area contributed by atoms with Crippen molar-refractivity contribution in [2.24, 2.45) is 0 Å². The molecular formula is C72H138O6. The van der Waals surface area contributed by atoms with E-state index in [-0.39, 0.29) is 31.1 Å². The summed E-state index contributed by atoms with van der Waals surface area (Å²) in [5.74, 6) is -0.827. The SMILES string of the molecule is CCCCCCCC/C=C\CCCCCCCCCCCC(=O)OCC(COC(=O)CCCCCCCCCCCCCCCCCCCCCCC)OC(=O)CCCCCCCCCCCCCCCCCCCCCC. The van der Waals surface area contributed by atoms with Crippen LogP contribution >= 0.6 is 0 Å². The number of ether oxygens (including phenoxy) is 3. The highest BCUT2D eigenvalue weighted by molar-refractivity contribution is 5.71. The molecule has 6 nitrogen and oxygen atoms in total. The van der Waals surface area contributed by atoms with Gasteiger partial charge in [-0.05, 0) is 44.9 Å². The van der Waals surface area contributed by atoms with Crippen LogP contribution in [0.5, 0.6) is 0 Å². The molecule has 1 atom stereocenters. The van der Waals surface area contributed by atoms with Crippen LogP contribution in [0.15, 0.2) is 12.2 Å². The summed E-state index contributed by atoms with van der Waals surface area (Å²) in [6.45, 7) is 6.74. The second-order valence-corrected chi connectivity index (χ2v) is 24.5. The number of hydrogen-bond acceptors (Lipinski definition) is 6. The molecule has 0 radical (unpaired) electrons. The van der Waals surface area contributed by atoms with Crippen molar-refractivity contribution >= 4 is 17.9 Å². The summed E-state index contributed by atoms with van der Waals surface area (Å²) in [5.41, 5.74) is 0. The van der Waals surface area contributed by atoms with Crippen LogP contribution in [0, 0.1) is 0 Å². The summed E-state index contributed by atoms with van der Waals surface area (Å²) in [6.07, 6.45) is 80.9. The minimum atomic E-state index is -0.767. The molecule has 0 rings (SSSR count). The standard InChI is InChI=1S/C72H138O6/c1-4-7-10-13-16-19-22-25-28-31-34-36-39-41-44-47-50-53-56-59-62-65-71(74)77-68-69(67-76-70(73)64-61-58-55-52-49-46-43-40-37-33-30-27-24-21-18-15-12-9-6-3)78-72(75)66-63-60-57-54-51-48-45-42-38-35-32-29-26-23-20-17-14-11-8-5-2/h27,30,69H,4-26,28-29,31-68H2,1-3H3/b30-27-. The molecule has 0 N–H and O–H groups in total. The average Bonchev–Trinajstić information content (AvgIpc) is 3.44. The molecule has 0 spiro atoms. The van der Waals surface area contributed by atoms with Crippen LogP contribution in [0.3, 0.4) is 0 Å². The van der Waals surface area contributed by atoms with Gasteiger partial charge in [-0.2, -0.15) is 0 Å². The molecule has 0 aromatic rings. The van der Waals surface area contributed by atoms with Gasteiger partial charge in [0.2, 0.25) is 0 Å². The smallest absolute Gasteiger partial charge is 0.306 e. The maximum atomic E-state index is 13.0. The Balaban J connectivity index is 4.29. The van der Waals surface area contributed by atoms with Gasteiger partial charge in [-0.3, -0.25) is 14.4 Å². The summed E-state index contributed by atoms with van der Waals surface area (Å²) in [6, 6.07) is 0. The molecule has 1 unspecified atom stereocenters. The van der Waals surface area contributed by atoms with Crippen molar-refractivity contribution in [3.8, 4) is 0 Å². The van der Waals surface area contributed by atoms with E-state index >= 15 is 0 Å². The van der Waals surface area contributed by atoms with Crippen LogP contribution in [0.2, 0.25) is 0 Å². The summed E-state index contributed by atoms with van der Waals surface area (Å²) in [5, 5.41) is 0. The number of carbonyl (C=O) groups is 3. The Hall–Kier alpha value is -1.85. The lowest BCUT2D eigenvalue weighted by Crippen LogP contribution is -2.30. The van der Waals surface area contributed by atoms with E-state index in [0.717, 1.165) is 57.8 Å². The van der Waals surface area contributed by atoms with Crippen LogP contribution in [-0.4, -0.2) is 37.2 Å². The van der Waals surface area contributed by atoms with Crippen LogP contribution < -0.4 is 0 Å². The fraction of sp³-hybridized carbons (Fsp3) is 0.931. The molecule has 0 aliphatic rings. The summed E-state index contributed by atoms with van der Waals surface area (Å²) in [4.78, 5) is 38.5. The highest BCUT2D eigenvalue weighted by Crippen LogP contribution is 2.19. The first-order chi connectivity index (χ1) is 38.5. The van der Waals surface area contributed by atoms with Crippen molar-refractivity contribution in [3.63, 3.8) is 0 Å². The van der Waals surface area contributed by atoms with Crippen molar-refractivity contribution in [2.45, 2.75) is 419 Å². The van der Waals surface area contributed by atoms with Gasteiger partial charge in [0.05, 0.1) is 0 Å². The monoisotopic (exact) mass is 1100 g/mol. The Bertz CT molecular complexity index is 1210. The topological polar surface area (TPSA) is 78.9 Å². The second kappa shape index (κ2) is 67.7. The molecule has 0 aliphatic heterocycles. The third-order valence-electron chi connectivity index (χ3n) is 16.5. The first-order valence-electron chi connectivity index (χ1n) is 35.7. The first kappa shape index (κ1) is 76.1. The van der Waals surface area contributed by atoms with Crippen molar-refractivity contribution in [1.29, 1.82) is 0 Å². The Morgan fingerprint density at radius 3 is 0.641 bits per heavy atom. The van der Waals surface area contributed by atoms with E-state index in [1.165, 1.54) is 315 Å². The van der Waals surface area contributed by atoms with Crippen LogP contribution in [0.1, 0.15) is 412 Å². The van der Waals surface area contributed by atoms with Crippen molar-refractivity contribution < 1.29 is 28.6 Å². The third-order valence-corrected chi connectivity index (χ3v) is 16.5. The predicted molar refractivity (Wildman–Crippen MR) is 340 cm³/mol. The van der Waals surface area contributed by atoms with E-state index in [0.29, 0.717) is 19.3 Å². The average molecular weight is 1100 g/mol. The third kappa shape index (κ3) is 65.0. The lowest BCUT2D eigenvalue weighted by molar-refractivity contribution is -0.167. The van der Waals surface area contributed by atoms with Gasteiger partial charge in [0.15, 0.2) is 6.10 Å². The Labute approximate surface area is 488 Å². The maximum absolute atomic E-state index is 13.0. The predicted octanol–water partition coefficient (Wildman–Crippen LogP) is 24.4. The molecule has 0 aliphatic carbocycles. The van der Waals surface area contributed by atoms with E-state index in [4.69, 9.17) is 14.2 Å². The molecule has 0 saturated carbocycles. The lowest BCUT2D eigenvalue weighted by atomic mass is 10.0. The number of allylic oxidation sites excluding steroid dienone is 2. The number of rotatable bonds is 67. The molecule has 0 heterocycles. The number of unbranched alkanes of at least 4 members (excludes halogenated alkanes) is 54. The molecule has 6 heteroatoms. The first-order valence-corrected chi connectivity index (χ1v) is 35.7. The molecule has 462 valence electrons. The summed E-state index contributed by atoms with van der Waals surface area (Å²) in [7, 11) is 0. The van der Waals surface area contributed by atoms with Crippen molar-refractivity contribution in [3.05, 3.63) is 12.2 Å². The number of hydrogen-bond donors (Lipinski definition) is 0. The van der Waals surface area contributed by atoms with Crippen LogP contribution in [0.25, 0.3) is 0 Å². The number of carbonyl (C=O) groups excluding carboxylic acids is 3. The minimum Gasteiger partial charge on any atom is -0.462 e. The zero-order valence-corrected chi connectivity index (χ0v) is 53.2. The molecule has 0 aromatic carbocycles. The fourth-order valence-electron chi connectivity index (χ4n) is 11.2. The fourth-order valence-corrected chi connectivity index (χ4v) is 11.2. The lowest BCUT2D eigenvalue weighted by Gasteiger charge is -2.18. The van der Waals surface area contributed by atoms with Gasteiger partial charge in [-0.15, -0.1) is 0 Å². The second-order valence-electron chi connectivity index (χ2n) is 24.5. The minimum absolute atomic E-state index is 0.0632. The zero-order valence-electron chi connectivity index (χ0n) is 53.2. The Morgan fingerprint density at radius 1 is 0.244 bits per heavy atom. The maximum Gasteiger partial charge on any atom is 0.306 e. The van der Waals surface area contributed by atoms with Crippen molar-refractivity contribution in [1.82, 2.24) is 0 Å². The van der Waals surface area contributed by atoms with E-state index in [1.54, 1.807) is 0 Å². The van der Waals surface area contributed by atoms with E-state index in [9.17, 15) is 14.4 Å². The van der Waals surface area contributed by atoms with Gasteiger partial charge in [-0.1, -0.05) is 360 Å². The highest BCUT2D eigenvalue weighted by atomic mass is 16.6. The highest BCUT2D eigenvalue weighted by Gasteiger charge is 2.19. The molecule has 0 bridgehead atoms. The molecule has 0 amide bonds. The van der Waals surface area contributed by atoms with Gasteiger partial charge in [0, 0.05) is 19.3 Å². The zero-order chi connectivity index (χ0) is 56.4. The van der Waals surface area contributed by atoms with Gasteiger partial charge < -0.3 is 14.2 Å². The van der Waals surface area contributed by atoms with Gasteiger partial charge >= 0.3 is 17.9 Å². The molecule has 78 heavy (non-hydrogen) atoms. The molecule has 0 fully saturated rings. The van der Waals surface area contributed by atoms with Gasteiger partial charge in [-0.25, -0.2) is 0 Å². The normalized spacial score (nSPS) is 12.0. The van der Waals surface area contributed by atoms with Crippen LogP contribution in [-0.2, 0) is 28.6 Å². The van der Waals surface area contributed by atoms with Gasteiger partial charge in [0.25, 0.3) is 0 Å². The van der Waals surface area contributed by atoms with E-state index in [1.807, 2.05) is 0 Å². The Morgan fingerprint density at radius 2 is 0.423 bits per heavy atom. The number of esters is 3. The summed E-state index contributed by atoms with van der Waals surface area (Å²) < 4.78 is 17.0. The molecule has 0 saturated heterocycles.